The molecular formula is C25H32ClNO2. The van der Waals surface area contributed by atoms with E-state index in [9.17, 15) is 0 Å². The summed E-state index contributed by atoms with van der Waals surface area (Å²) < 4.78 is 12.3. The van der Waals surface area contributed by atoms with Crippen LogP contribution in [0.5, 0.6) is 11.5 Å². The van der Waals surface area contributed by atoms with E-state index >= 15 is 0 Å². The zero-order chi connectivity index (χ0) is 20.3. The number of nitrogens with zero attached hydrogens (tertiary/aromatic N) is 1. The van der Waals surface area contributed by atoms with Crippen molar-refractivity contribution in [1.29, 1.82) is 0 Å². The topological polar surface area (TPSA) is 21.7 Å². The number of likely N-dealkylation sites (tertiary alicyclic amines) is 1. The number of piperidine rings is 1. The molecule has 4 heteroatoms. The highest BCUT2D eigenvalue weighted by atomic mass is 35.5. The lowest BCUT2D eigenvalue weighted by molar-refractivity contribution is 0.134. The molecule has 0 amide bonds. The van der Waals surface area contributed by atoms with E-state index in [4.69, 9.17) is 21.1 Å². The maximum Gasteiger partial charge on any atom is 0.126 e. The molecule has 2 aliphatic heterocycles. The van der Waals surface area contributed by atoms with Crippen molar-refractivity contribution >= 4 is 11.6 Å². The minimum absolute atomic E-state index is 0.189. The normalized spacial score (nSPS) is 17.9. The Balaban J connectivity index is 1.43. The van der Waals surface area contributed by atoms with Gasteiger partial charge in [0.05, 0.1) is 6.61 Å². The molecule has 0 bridgehead atoms. The molecule has 0 atom stereocenters. The molecule has 2 heterocycles. The van der Waals surface area contributed by atoms with E-state index in [0.717, 1.165) is 35.1 Å². The zero-order valence-corrected chi connectivity index (χ0v) is 18.4. The van der Waals surface area contributed by atoms with Crippen LogP contribution < -0.4 is 9.47 Å². The number of fused-ring (bicyclic) bond motifs is 2. The van der Waals surface area contributed by atoms with Gasteiger partial charge < -0.3 is 14.4 Å². The van der Waals surface area contributed by atoms with Crippen molar-refractivity contribution in [3.63, 3.8) is 0 Å². The van der Waals surface area contributed by atoms with E-state index in [1.807, 2.05) is 12.1 Å². The molecule has 1 spiro atoms. The Morgan fingerprint density at radius 1 is 1.14 bits per heavy atom. The number of ether oxygens (including phenoxy) is 2. The molecule has 1 fully saturated rings. The van der Waals surface area contributed by atoms with Crippen molar-refractivity contribution in [3.05, 3.63) is 58.1 Å². The van der Waals surface area contributed by atoms with Crippen LogP contribution in [0.25, 0.3) is 0 Å². The van der Waals surface area contributed by atoms with Crippen LogP contribution in [0.2, 0.25) is 5.02 Å². The Hall–Kier alpha value is -1.71. The minimum Gasteiger partial charge on any atom is -0.492 e. The van der Waals surface area contributed by atoms with Gasteiger partial charge in [0.25, 0.3) is 0 Å². The van der Waals surface area contributed by atoms with Crippen LogP contribution in [-0.4, -0.2) is 31.1 Å². The molecule has 4 rings (SSSR count). The lowest BCUT2D eigenvalue weighted by atomic mass is 9.74. The second-order valence-electron chi connectivity index (χ2n) is 8.44. The molecule has 0 aromatic heterocycles. The van der Waals surface area contributed by atoms with Crippen molar-refractivity contribution in [2.45, 2.75) is 58.0 Å². The summed E-state index contributed by atoms with van der Waals surface area (Å²) in [4.78, 5) is 2.61. The first-order valence-electron chi connectivity index (χ1n) is 11.0. The van der Waals surface area contributed by atoms with Gasteiger partial charge in [-0.05, 0) is 63.0 Å². The summed E-state index contributed by atoms with van der Waals surface area (Å²) in [7, 11) is 0. The number of hydrogen-bond donors (Lipinski definition) is 0. The summed E-state index contributed by atoms with van der Waals surface area (Å²) in [5, 5.41) is 0.774. The van der Waals surface area contributed by atoms with Gasteiger partial charge in [0.2, 0.25) is 0 Å². The summed E-state index contributed by atoms with van der Waals surface area (Å²) in [5.74, 6) is 1.85. The molecule has 2 aromatic rings. The third-order valence-corrected chi connectivity index (χ3v) is 7.00. The van der Waals surface area contributed by atoms with Crippen LogP contribution in [-0.2, 0) is 18.4 Å². The molecule has 2 aliphatic rings. The maximum atomic E-state index is 6.40. The third-order valence-electron chi connectivity index (χ3n) is 6.65. The van der Waals surface area contributed by atoms with Crippen LogP contribution >= 0.6 is 11.6 Å². The lowest BCUT2D eigenvalue weighted by Crippen LogP contribution is -2.43. The average Bonchev–Trinajstić information content (AvgIpc) is 3.10. The largest absolute Gasteiger partial charge is 0.492 e. The first-order chi connectivity index (χ1) is 14.1. The molecule has 156 valence electrons. The second-order valence-corrected chi connectivity index (χ2v) is 8.85. The Morgan fingerprint density at radius 2 is 1.97 bits per heavy atom. The highest BCUT2D eigenvalue weighted by molar-refractivity contribution is 6.31. The molecule has 0 N–H and O–H groups in total. The molecule has 0 unspecified atom stereocenters. The average molecular weight is 414 g/mol. The van der Waals surface area contributed by atoms with Crippen molar-refractivity contribution in [2.75, 3.05) is 26.2 Å². The molecule has 3 nitrogen and oxygen atoms in total. The van der Waals surface area contributed by atoms with E-state index in [2.05, 4.69) is 43.0 Å². The Labute approximate surface area is 180 Å². The molecule has 29 heavy (non-hydrogen) atoms. The maximum absolute atomic E-state index is 6.40. The molecule has 2 aromatic carbocycles. The fourth-order valence-corrected chi connectivity index (χ4v) is 4.94. The summed E-state index contributed by atoms with van der Waals surface area (Å²) in [6.07, 6.45) is 5.88. The van der Waals surface area contributed by atoms with Gasteiger partial charge in [-0.1, -0.05) is 50.1 Å². The summed E-state index contributed by atoms with van der Waals surface area (Å²) >= 11 is 6.40. The van der Waals surface area contributed by atoms with Crippen molar-refractivity contribution in [3.8, 4) is 11.5 Å². The van der Waals surface area contributed by atoms with E-state index in [1.165, 1.54) is 56.4 Å². The van der Waals surface area contributed by atoms with Crippen LogP contribution in [0.4, 0.5) is 0 Å². The Kier molecular flexibility index (Phi) is 6.36. The van der Waals surface area contributed by atoms with Crippen LogP contribution in [0.15, 0.2) is 36.4 Å². The van der Waals surface area contributed by atoms with E-state index in [1.54, 1.807) is 0 Å². The van der Waals surface area contributed by atoms with E-state index in [-0.39, 0.29) is 5.41 Å². The van der Waals surface area contributed by atoms with Crippen LogP contribution in [0.3, 0.4) is 0 Å². The Morgan fingerprint density at radius 3 is 2.72 bits per heavy atom. The number of benzene rings is 2. The molecule has 0 saturated carbocycles. The van der Waals surface area contributed by atoms with Gasteiger partial charge >= 0.3 is 0 Å². The monoisotopic (exact) mass is 413 g/mol. The van der Waals surface area contributed by atoms with Gasteiger partial charge in [0, 0.05) is 27.6 Å². The summed E-state index contributed by atoms with van der Waals surface area (Å²) in [6.45, 7) is 9.28. The number of unbranched alkanes of at least 4 members (excludes halogenated alkanes) is 1. The van der Waals surface area contributed by atoms with Gasteiger partial charge in [-0.3, -0.25) is 0 Å². The SMILES string of the molecule is CCCCN1CCC2(CC1)COc1cc(OCc3c(Cl)cccc3CC)ccc12. The quantitative estimate of drug-likeness (QED) is 0.555. The third kappa shape index (κ3) is 4.27. The number of aryl methyl sites for hydroxylation is 1. The number of hydrogen-bond acceptors (Lipinski definition) is 3. The van der Waals surface area contributed by atoms with Crippen LogP contribution in [0, 0.1) is 0 Å². The molecule has 1 saturated heterocycles. The molecule has 0 radical (unpaired) electrons. The first-order valence-corrected chi connectivity index (χ1v) is 11.4. The minimum atomic E-state index is 0.189. The highest BCUT2D eigenvalue weighted by Crippen LogP contribution is 2.46. The summed E-state index contributed by atoms with van der Waals surface area (Å²) in [5.41, 5.74) is 3.87. The first kappa shape index (κ1) is 20.6. The number of rotatable bonds is 7. The standard InChI is InChI=1S/C25H32ClNO2/c1-3-5-13-27-14-11-25(12-15-27)18-29-24-16-20(9-10-22(24)25)28-17-21-19(4-2)7-6-8-23(21)26/h6-10,16H,3-5,11-15,17-18H2,1-2H3. The summed E-state index contributed by atoms with van der Waals surface area (Å²) in [6, 6.07) is 12.4. The smallest absolute Gasteiger partial charge is 0.126 e. The van der Waals surface area contributed by atoms with E-state index < -0.39 is 0 Å². The predicted octanol–water partition coefficient (Wildman–Crippen LogP) is 6.01. The predicted molar refractivity (Wildman–Crippen MR) is 119 cm³/mol. The fraction of sp³-hybridized carbons (Fsp3) is 0.520. The van der Waals surface area contributed by atoms with Gasteiger partial charge in [0.15, 0.2) is 0 Å². The number of halogens is 1. The highest BCUT2D eigenvalue weighted by Gasteiger charge is 2.43. The molecule has 0 aliphatic carbocycles. The van der Waals surface area contributed by atoms with Gasteiger partial charge in [0.1, 0.15) is 18.1 Å². The van der Waals surface area contributed by atoms with Gasteiger partial charge in [-0.25, -0.2) is 0 Å². The Bertz CT molecular complexity index is 843. The van der Waals surface area contributed by atoms with Crippen LogP contribution in [0.1, 0.15) is 56.2 Å². The van der Waals surface area contributed by atoms with Gasteiger partial charge in [-0.15, -0.1) is 0 Å². The van der Waals surface area contributed by atoms with Crippen molar-refractivity contribution in [1.82, 2.24) is 4.90 Å². The van der Waals surface area contributed by atoms with E-state index in [0.29, 0.717) is 6.61 Å². The molecular weight excluding hydrogens is 382 g/mol. The lowest BCUT2D eigenvalue weighted by Gasteiger charge is -2.38. The van der Waals surface area contributed by atoms with Crippen molar-refractivity contribution < 1.29 is 9.47 Å². The van der Waals surface area contributed by atoms with Gasteiger partial charge in [-0.2, -0.15) is 0 Å². The zero-order valence-electron chi connectivity index (χ0n) is 17.7. The second kappa shape index (κ2) is 8.97. The van der Waals surface area contributed by atoms with Crippen molar-refractivity contribution in [2.24, 2.45) is 0 Å². The fourth-order valence-electron chi connectivity index (χ4n) is 4.70.